The minimum absolute atomic E-state index is 0.0200. The number of halogens is 1. The first kappa shape index (κ1) is 22.8. The van der Waals surface area contributed by atoms with Crippen LogP contribution in [0.15, 0.2) is 89.4 Å². The highest BCUT2D eigenvalue weighted by atomic mass is 35.5. The molecule has 2 aromatic heterocycles. The van der Waals surface area contributed by atoms with Crippen LogP contribution in [0.2, 0.25) is 5.02 Å². The van der Waals surface area contributed by atoms with Gasteiger partial charge in [0.05, 0.1) is 0 Å². The number of carbonyl (C=O) groups is 1. The van der Waals surface area contributed by atoms with E-state index < -0.39 is 11.5 Å². The van der Waals surface area contributed by atoms with Gasteiger partial charge < -0.3 is 10.1 Å². The number of aromatic nitrogens is 2. The summed E-state index contributed by atoms with van der Waals surface area (Å²) in [7, 11) is 0. The Morgan fingerprint density at radius 1 is 1.09 bits per heavy atom. The first-order chi connectivity index (χ1) is 16.5. The summed E-state index contributed by atoms with van der Waals surface area (Å²) in [5.41, 5.74) is 0.692. The van der Waals surface area contributed by atoms with Crippen LogP contribution in [0.4, 0.5) is 0 Å². The largest absolute Gasteiger partial charge is 0.438 e. The predicted octanol–water partition coefficient (Wildman–Crippen LogP) is 4.41. The zero-order chi connectivity index (χ0) is 23.9. The van der Waals surface area contributed by atoms with Gasteiger partial charge in [-0.3, -0.25) is 14.0 Å². The van der Waals surface area contributed by atoms with Gasteiger partial charge in [0.15, 0.2) is 0 Å². The maximum absolute atomic E-state index is 13.2. The van der Waals surface area contributed by atoms with Crippen LogP contribution in [-0.4, -0.2) is 21.8 Å². The SMILES string of the molecule is N#C/C(=C\c1c(Oc2ccc(Cl)cc2)nc2ccccn2c1=O)C(=O)NCCc1ccccc1. The van der Waals surface area contributed by atoms with Crippen molar-refractivity contribution in [2.24, 2.45) is 0 Å². The molecule has 8 heteroatoms. The van der Waals surface area contributed by atoms with Crippen LogP contribution >= 0.6 is 11.6 Å². The molecular weight excluding hydrogens is 452 g/mol. The average Bonchev–Trinajstić information content (AvgIpc) is 2.86. The van der Waals surface area contributed by atoms with Crippen LogP contribution < -0.4 is 15.6 Å². The van der Waals surface area contributed by atoms with Crippen molar-refractivity contribution in [1.82, 2.24) is 14.7 Å². The number of pyridine rings is 1. The fraction of sp³-hybridized carbons (Fsp3) is 0.0769. The number of ether oxygens (including phenoxy) is 1. The van der Waals surface area contributed by atoms with Gasteiger partial charge in [0, 0.05) is 17.8 Å². The highest BCUT2D eigenvalue weighted by Gasteiger charge is 2.17. The Morgan fingerprint density at radius 3 is 2.56 bits per heavy atom. The predicted molar refractivity (Wildman–Crippen MR) is 130 cm³/mol. The third-order valence-electron chi connectivity index (χ3n) is 4.96. The second kappa shape index (κ2) is 10.5. The summed E-state index contributed by atoms with van der Waals surface area (Å²) in [4.78, 5) is 30.3. The first-order valence-electron chi connectivity index (χ1n) is 10.4. The molecule has 2 heterocycles. The third kappa shape index (κ3) is 5.31. The number of amides is 1. The van der Waals surface area contributed by atoms with E-state index in [1.165, 1.54) is 10.5 Å². The van der Waals surface area contributed by atoms with Gasteiger partial charge in [-0.1, -0.05) is 48.0 Å². The Labute approximate surface area is 200 Å². The number of hydrogen-bond acceptors (Lipinski definition) is 5. The van der Waals surface area contributed by atoms with Crippen molar-refractivity contribution >= 4 is 29.2 Å². The lowest BCUT2D eigenvalue weighted by Gasteiger charge is -2.10. The summed E-state index contributed by atoms with van der Waals surface area (Å²) >= 11 is 5.94. The number of nitrogens with zero attached hydrogens (tertiary/aromatic N) is 3. The second-order valence-electron chi connectivity index (χ2n) is 7.28. The van der Waals surface area contributed by atoms with Crippen LogP contribution in [0.5, 0.6) is 11.6 Å². The molecule has 0 radical (unpaired) electrons. The van der Waals surface area contributed by atoms with Crippen molar-refractivity contribution < 1.29 is 9.53 Å². The van der Waals surface area contributed by atoms with E-state index in [-0.39, 0.29) is 17.0 Å². The molecule has 168 valence electrons. The van der Waals surface area contributed by atoms with Crippen LogP contribution in [0.3, 0.4) is 0 Å². The van der Waals surface area contributed by atoms with E-state index in [1.807, 2.05) is 36.4 Å². The summed E-state index contributed by atoms with van der Waals surface area (Å²) in [5.74, 6) is -0.214. The molecule has 0 aliphatic rings. The summed E-state index contributed by atoms with van der Waals surface area (Å²) in [6, 6.07) is 23.2. The molecule has 0 saturated heterocycles. The fourth-order valence-corrected chi connectivity index (χ4v) is 3.38. The summed E-state index contributed by atoms with van der Waals surface area (Å²) in [5, 5.41) is 12.9. The molecule has 0 spiro atoms. The molecule has 0 saturated carbocycles. The minimum atomic E-state index is -0.589. The fourth-order valence-electron chi connectivity index (χ4n) is 3.25. The smallest absolute Gasteiger partial charge is 0.269 e. The maximum atomic E-state index is 13.2. The lowest BCUT2D eigenvalue weighted by Crippen LogP contribution is -2.27. The number of nitrogens with one attached hydrogen (secondary N) is 1. The molecule has 1 N–H and O–H groups in total. The molecule has 0 atom stereocenters. The first-order valence-corrected chi connectivity index (χ1v) is 10.8. The highest BCUT2D eigenvalue weighted by molar-refractivity contribution is 6.30. The molecule has 7 nitrogen and oxygen atoms in total. The van der Waals surface area contributed by atoms with E-state index in [4.69, 9.17) is 16.3 Å². The quantitative estimate of drug-likeness (QED) is 0.319. The molecular formula is C26H19ClN4O3. The van der Waals surface area contributed by atoms with Crippen LogP contribution in [0, 0.1) is 11.3 Å². The van der Waals surface area contributed by atoms with E-state index in [1.54, 1.807) is 48.7 Å². The van der Waals surface area contributed by atoms with Gasteiger partial charge in [-0.05, 0) is 54.5 Å². The lowest BCUT2D eigenvalue weighted by molar-refractivity contribution is -0.117. The van der Waals surface area contributed by atoms with Crippen molar-refractivity contribution in [1.29, 1.82) is 5.26 Å². The van der Waals surface area contributed by atoms with Gasteiger partial charge in [-0.25, -0.2) is 0 Å². The standard InChI is InChI=1S/C26H19ClN4O3/c27-20-9-11-21(12-10-20)34-25-22(26(33)31-15-5-4-8-23(31)30-25)16-19(17-28)24(32)29-14-13-18-6-2-1-3-7-18/h1-12,15-16H,13-14H2,(H,29,32)/b19-16+. The molecule has 0 unspecified atom stereocenters. The Hall–Kier alpha value is -4.41. The molecule has 34 heavy (non-hydrogen) atoms. The topological polar surface area (TPSA) is 96.5 Å². The van der Waals surface area contributed by atoms with E-state index in [9.17, 15) is 14.9 Å². The molecule has 0 aliphatic carbocycles. The van der Waals surface area contributed by atoms with E-state index in [0.717, 1.165) is 5.56 Å². The van der Waals surface area contributed by atoms with Crippen molar-refractivity contribution in [3.63, 3.8) is 0 Å². The zero-order valence-electron chi connectivity index (χ0n) is 17.9. The molecule has 0 aliphatic heterocycles. The van der Waals surface area contributed by atoms with Crippen molar-refractivity contribution in [2.45, 2.75) is 6.42 Å². The monoisotopic (exact) mass is 470 g/mol. The van der Waals surface area contributed by atoms with Gasteiger partial charge in [-0.15, -0.1) is 0 Å². The van der Waals surface area contributed by atoms with Crippen LogP contribution in [-0.2, 0) is 11.2 Å². The molecule has 1 amide bonds. The number of fused-ring (bicyclic) bond motifs is 1. The Morgan fingerprint density at radius 2 is 1.82 bits per heavy atom. The van der Waals surface area contributed by atoms with Crippen LogP contribution in [0.25, 0.3) is 11.7 Å². The zero-order valence-corrected chi connectivity index (χ0v) is 18.7. The van der Waals surface area contributed by atoms with Crippen molar-refractivity contribution in [3.05, 3.63) is 111 Å². The third-order valence-corrected chi connectivity index (χ3v) is 5.21. The van der Waals surface area contributed by atoms with E-state index in [0.29, 0.717) is 29.4 Å². The van der Waals surface area contributed by atoms with Crippen molar-refractivity contribution in [2.75, 3.05) is 6.54 Å². The molecule has 4 rings (SSSR count). The normalized spacial score (nSPS) is 11.1. The maximum Gasteiger partial charge on any atom is 0.269 e. The van der Waals surface area contributed by atoms with Crippen LogP contribution in [0.1, 0.15) is 11.1 Å². The number of carbonyl (C=O) groups excluding carboxylic acids is 1. The van der Waals surface area contributed by atoms with Gasteiger partial charge in [0.1, 0.15) is 28.6 Å². The average molecular weight is 471 g/mol. The van der Waals surface area contributed by atoms with Gasteiger partial charge in [-0.2, -0.15) is 10.2 Å². The molecule has 0 fully saturated rings. The van der Waals surface area contributed by atoms with Gasteiger partial charge in [0.2, 0.25) is 5.88 Å². The molecule has 2 aromatic carbocycles. The Bertz CT molecular complexity index is 1460. The number of hydrogen-bond donors (Lipinski definition) is 1. The van der Waals surface area contributed by atoms with E-state index in [2.05, 4.69) is 10.3 Å². The van der Waals surface area contributed by atoms with E-state index >= 15 is 0 Å². The number of nitriles is 1. The summed E-state index contributed by atoms with van der Waals surface area (Å²) < 4.78 is 7.17. The Balaban J connectivity index is 1.66. The van der Waals surface area contributed by atoms with Gasteiger partial charge >= 0.3 is 0 Å². The van der Waals surface area contributed by atoms with Crippen molar-refractivity contribution in [3.8, 4) is 17.7 Å². The number of benzene rings is 2. The number of rotatable bonds is 7. The lowest BCUT2D eigenvalue weighted by atomic mass is 10.1. The highest BCUT2D eigenvalue weighted by Crippen LogP contribution is 2.25. The minimum Gasteiger partial charge on any atom is -0.438 e. The van der Waals surface area contributed by atoms with Gasteiger partial charge in [0.25, 0.3) is 11.5 Å². The summed E-state index contributed by atoms with van der Waals surface area (Å²) in [6.45, 7) is 0.338. The molecule has 4 aromatic rings. The Kier molecular flexibility index (Phi) is 7.01. The molecule has 0 bridgehead atoms. The summed E-state index contributed by atoms with van der Waals surface area (Å²) in [6.07, 6.45) is 3.37. The second-order valence-corrected chi connectivity index (χ2v) is 7.72.